The van der Waals surface area contributed by atoms with Crippen LogP contribution in [0.15, 0.2) is 29.3 Å². The summed E-state index contributed by atoms with van der Waals surface area (Å²) in [6.45, 7) is 3.86. The predicted octanol–water partition coefficient (Wildman–Crippen LogP) is 0.909. The Hall–Kier alpha value is -1.84. The molecule has 3 N–H and O–H groups in total. The van der Waals surface area contributed by atoms with Crippen molar-refractivity contribution in [2.24, 2.45) is 10.7 Å². The number of nitrogens with one attached hydrogen (secondary N) is 1. The molecule has 2 rings (SSSR count). The Kier molecular flexibility index (Phi) is 2.42. The zero-order valence-electron chi connectivity index (χ0n) is 9.45. The van der Waals surface area contributed by atoms with Gasteiger partial charge in [-0.2, -0.15) is 0 Å². The van der Waals surface area contributed by atoms with Crippen LogP contribution in [-0.2, 0) is 16.8 Å². The van der Waals surface area contributed by atoms with Crippen molar-refractivity contribution in [1.29, 1.82) is 0 Å². The molecule has 16 heavy (non-hydrogen) atoms. The van der Waals surface area contributed by atoms with Crippen molar-refractivity contribution < 1.29 is 4.79 Å². The second kappa shape index (κ2) is 3.63. The summed E-state index contributed by atoms with van der Waals surface area (Å²) in [6, 6.07) is 7.89. The molecule has 1 aliphatic rings. The Morgan fingerprint density at radius 1 is 1.38 bits per heavy atom. The molecule has 1 unspecified atom stereocenters. The van der Waals surface area contributed by atoms with Crippen LogP contribution in [0.25, 0.3) is 0 Å². The molecule has 1 aliphatic heterocycles. The molecule has 1 aromatic carbocycles. The summed E-state index contributed by atoms with van der Waals surface area (Å²) >= 11 is 0. The van der Waals surface area contributed by atoms with Gasteiger partial charge in [-0.15, -0.1) is 0 Å². The van der Waals surface area contributed by atoms with Gasteiger partial charge in [-0.05, 0) is 24.5 Å². The third-order valence-corrected chi connectivity index (χ3v) is 2.95. The first-order valence-corrected chi connectivity index (χ1v) is 5.32. The van der Waals surface area contributed by atoms with Crippen LogP contribution >= 0.6 is 0 Å². The number of aryl methyl sites for hydroxylation is 1. The minimum atomic E-state index is -0.879. The fourth-order valence-corrected chi connectivity index (χ4v) is 1.82. The number of rotatable bonds is 2. The number of guanidine groups is 1. The van der Waals surface area contributed by atoms with Crippen LogP contribution in [0.5, 0.6) is 0 Å². The van der Waals surface area contributed by atoms with Crippen molar-refractivity contribution in [3.05, 3.63) is 35.4 Å². The molecule has 4 heteroatoms. The highest BCUT2D eigenvalue weighted by atomic mass is 16.2. The molecular formula is C12H15N3O. The number of nitrogens with zero attached hydrogens (tertiary/aromatic N) is 1. The molecule has 84 valence electrons. The molecule has 4 nitrogen and oxygen atoms in total. The van der Waals surface area contributed by atoms with E-state index in [2.05, 4.69) is 17.2 Å². The normalized spacial score (nSPS) is 24.1. The lowest BCUT2D eigenvalue weighted by atomic mass is 9.91. The average molecular weight is 217 g/mol. The molecule has 0 spiro atoms. The maximum atomic E-state index is 11.8. The van der Waals surface area contributed by atoms with Crippen LogP contribution in [0.4, 0.5) is 0 Å². The molecule has 1 heterocycles. The van der Waals surface area contributed by atoms with Gasteiger partial charge >= 0.3 is 0 Å². The Morgan fingerprint density at radius 2 is 2.00 bits per heavy atom. The van der Waals surface area contributed by atoms with Crippen LogP contribution in [0.3, 0.4) is 0 Å². The second-order valence-electron chi connectivity index (χ2n) is 4.07. The monoisotopic (exact) mass is 217 g/mol. The first-order valence-electron chi connectivity index (χ1n) is 5.32. The summed E-state index contributed by atoms with van der Waals surface area (Å²) in [5.74, 6) is 0.0151. The lowest BCUT2D eigenvalue weighted by Crippen LogP contribution is -2.37. The van der Waals surface area contributed by atoms with Gasteiger partial charge in [0.2, 0.25) is 0 Å². The molecule has 0 aromatic heterocycles. The summed E-state index contributed by atoms with van der Waals surface area (Å²) in [4.78, 5) is 15.9. The Morgan fingerprint density at radius 3 is 2.44 bits per heavy atom. The van der Waals surface area contributed by atoms with Crippen LogP contribution in [0, 0.1) is 0 Å². The predicted molar refractivity (Wildman–Crippen MR) is 62.9 cm³/mol. The smallest absolute Gasteiger partial charge is 0.259 e. The maximum absolute atomic E-state index is 11.8. The zero-order valence-corrected chi connectivity index (χ0v) is 9.45. The number of carbonyl (C=O) groups excluding carboxylic acids is 1. The van der Waals surface area contributed by atoms with Crippen molar-refractivity contribution in [3.8, 4) is 0 Å². The highest BCUT2D eigenvalue weighted by Crippen LogP contribution is 2.28. The van der Waals surface area contributed by atoms with Gasteiger partial charge in [0.25, 0.3) is 5.91 Å². The molecular weight excluding hydrogens is 202 g/mol. The largest absolute Gasteiger partial charge is 0.370 e. The summed E-state index contributed by atoms with van der Waals surface area (Å²) in [7, 11) is 0. The Balaban J connectivity index is 2.40. The number of aliphatic imine (C=N–C) groups is 1. The summed E-state index contributed by atoms with van der Waals surface area (Å²) in [6.07, 6.45) is 0.981. The van der Waals surface area contributed by atoms with E-state index in [9.17, 15) is 4.79 Å². The van der Waals surface area contributed by atoms with Gasteiger partial charge in [0.15, 0.2) is 11.5 Å². The van der Waals surface area contributed by atoms with E-state index in [1.807, 2.05) is 24.3 Å². The molecule has 0 saturated heterocycles. The summed E-state index contributed by atoms with van der Waals surface area (Å²) < 4.78 is 0. The van der Waals surface area contributed by atoms with Gasteiger partial charge in [0, 0.05) is 0 Å². The number of benzene rings is 1. The van der Waals surface area contributed by atoms with Crippen LogP contribution in [0.2, 0.25) is 0 Å². The van der Waals surface area contributed by atoms with E-state index in [4.69, 9.17) is 5.73 Å². The number of carbonyl (C=O) groups is 1. The standard InChI is InChI=1S/C12H15N3O/c1-3-8-4-6-9(7-5-8)12(2)10(16)14-11(13)15-12/h4-7H,3H2,1-2H3,(H3,13,14,15,16). The van der Waals surface area contributed by atoms with Gasteiger partial charge in [-0.1, -0.05) is 31.2 Å². The zero-order chi connectivity index (χ0) is 11.8. The van der Waals surface area contributed by atoms with Crippen LogP contribution < -0.4 is 11.1 Å². The SMILES string of the molecule is CCc1ccc(C2(C)N=C(N)NC2=O)cc1. The highest BCUT2D eigenvalue weighted by molar-refractivity contribution is 6.06. The fourth-order valence-electron chi connectivity index (χ4n) is 1.82. The summed E-state index contributed by atoms with van der Waals surface area (Å²) in [5.41, 5.74) is 6.74. The first kappa shape index (κ1) is 10.7. The van der Waals surface area contributed by atoms with Crippen molar-refractivity contribution in [2.45, 2.75) is 25.8 Å². The number of hydrogen-bond acceptors (Lipinski definition) is 3. The van der Waals surface area contributed by atoms with E-state index in [0.29, 0.717) is 0 Å². The molecule has 0 fully saturated rings. The van der Waals surface area contributed by atoms with Gasteiger partial charge in [0.05, 0.1) is 0 Å². The summed E-state index contributed by atoms with van der Waals surface area (Å²) in [5, 5.41) is 2.52. The molecule has 0 radical (unpaired) electrons. The van der Waals surface area contributed by atoms with E-state index in [1.54, 1.807) is 6.92 Å². The average Bonchev–Trinajstić information content (AvgIpc) is 2.54. The lowest BCUT2D eigenvalue weighted by molar-refractivity contribution is -0.123. The van der Waals surface area contributed by atoms with E-state index in [0.717, 1.165) is 12.0 Å². The minimum Gasteiger partial charge on any atom is -0.370 e. The quantitative estimate of drug-likeness (QED) is 0.773. The maximum Gasteiger partial charge on any atom is 0.259 e. The van der Waals surface area contributed by atoms with E-state index in [-0.39, 0.29) is 11.9 Å². The van der Waals surface area contributed by atoms with E-state index in [1.165, 1.54) is 5.56 Å². The third kappa shape index (κ3) is 1.56. The highest BCUT2D eigenvalue weighted by Gasteiger charge is 2.39. The first-order chi connectivity index (χ1) is 7.56. The Bertz CT molecular complexity index is 450. The van der Waals surface area contributed by atoms with E-state index >= 15 is 0 Å². The van der Waals surface area contributed by atoms with Crippen molar-refractivity contribution in [1.82, 2.24) is 5.32 Å². The Labute approximate surface area is 94.6 Å². The fraction of sp³-hybridized carbons (Fsp3) is 0.333. The van der Waals surface area contributed by atoms with Crippen molar-refractivity contribution in [3.63, 3.8) is 0 Å². The molecule has 0 saturated carbocycles. The van der Waals surface area contributed by atoms with Crippen LogP contribution in [-0.4, -0.2) is 11.9 Å². The van der Waals surface area contributed by atoms with Gasteiger partial charge in [0.1, 0.15) is 0 Å². The van der Waals surface area contributed by atoms with Crippen molar-refractivity contribution in [2.75, 3.05) is 0 Å². The minimum absolute atomic E-state index is 0.172. The molecule has 0 bridgehead atoms. The van der Waals surface area contributed by atoms with Crippen LogP contribution in [0.1, 0.15) is 25.0 Å². The number of nitrogens with two attached hydrogens (primary N) is 1. The molecule has 1 aromatic rings. The van der Waals surface area contributed by atoms with Gasteiger partial charge < -0.3 is 5.73 Å². The number of hydrogen-bond donors (Lipinski definition) is 2. The lowest BCUT2D eigenvalue weighted by Gasteiger charge is -2.18. The molecule has 1 atom stereocenters. The van der Waals surface area contributed by atoms with Gasteiger partial charge in [-0.25, -0.2) is 4.99 Å². The molecule has 0 aliphatic carbocycles. The molecule has 1 amide bonds. The van der Waals surface area contributed by atoms with Gasteiger partial charge in [-0.3, -0.25) is 10.1 Å². The third-order valence-electron chi connectivity index (χ3n) is 2.95. The number of amides is 1. The topological polar surface area (TPSA) is 67.5 Å². The van der Waals surface area contributed by atoms with E-state index < -0.39 is 5.54 Å². The van der Waals surface area contributed by atoms with Crippen molar-refractivity contribution >= 4 is 11.9 Å². The second-order valence-corrected chi connectivity index (χ2v) is 4.07.